The molecule has 140 valence electrons. The minimum absolute atomic E-state index is 0.0166. The van der Waals surface area contributed by atoms with Crippen LogP contribution < -0.4 is 4.74 Å². The fourth-order valence-electron chi connectivity index (χ4n) is 2.80. The van der Waals surface area contributed by atoms with Crippen LogP contribution in [0.5, 0.6) is 5.75 Å². The van der Waals surface area contributed by atoms with Gasteiger partial charge in [0.1, 0.15) is 5.75 Å². The van der Waals surface area contributed by atoms with Gasteiger partial charge < -0.3 is 14.2 Å². The minimum atomic E-state index is -0.0166. The first-order valence-electron chi connectivity index (χ1n) is 8.90. The van der Waals surface area contributed by atoms with Gasteiger partial charge in [-0.15, -0.1) is 0 Å². The van der Waals surface area contributed by atoms with Crippen molar-refractivity contribution in [1.82, 2.24) is 15.0 Å². The highest BCUT2D eigenvalue weighted by atomic mass is 16.5. The Morgan fingerprint density at radius 1 is 1.15 bits per heavy atom. The summed E-state index contributed by atoms with van der Waals surface area (Å²) in [5.74, 6) is 1.64. The molecule has 0 unspecified atom stereocenters. The van der Waals surface area contributed by atoms with E-state index >= 15 is 0 Å². The summed E-state index contributed by atoms with van der Waals surface area (Å²) in [4.78, 5) is 18.8. The van der Waals surface area contributed by atoms with Gasteiger partial charge in [-0.2, -0.15) is 4.98 Å². The topological polar surface area (TPSA) is 68.5 Å². The molecule has 3 rings (SSSR count). The number of nitrogens with zero attached hydrogens (tertiary/aromatic N) is 3. The molecular formula is C21H23N3O3. The third-order valence-corrected chi connectivity index (χ3v) is 4.37. The van der Waals surface area contributed by atoms with Crippen molar-refractivity contribution >= 4 is 5.91 Å². The molecule has 0 aliphatic heterocycles. The van der Waals surface area contributed by atoms with Gasteiger partial charge in [-0.25, -0.2) is 0 Å². The average molecular weight is 365 g/mol. The maximum atomic E-state index is 12.7. The third-order valence-electron chi connectivity index (χ3n) is 4.37. The number of methoxy groups -OCH3 is 1. The van der Waals surface area contributed by atoms with Crippen molar-refractivity contribution in [3.05, 3.63) is 65.5 Å². The summed E-state index contributed by atoms with van der Waals surface area (Å²) in [6.45, 7) is 4.79. The molecule has 0 radical (unpaired) electrons. The second-order valence-electron chi connectivity index (χ2n) is 6.27. The molecule has 0 spiro atoms. The van der Waals surface area contributed by atoms with Crippen molar-refractivity contribution < 1.29 is 14.1 Å². The van der Waals surface area contributed by atoms with E-state index in [-0.39, 0.29) is 18.9 Å². The summed E-state index contributed by atoms with van der Waals surface area (Å²) in [7, 11) is 1.60. The molecular weight excluding hydrogens is 342 g/mol. The Bertz CT molecular complexity index is 903. The zero-order chi connectivity index (χ0) is 19.2. The summed E-state index contributed by atoms with van der Waals surface area (Å²) in [6.07, 6.45) is 0.261. The Kier molecular flexibility index (Phi) is 5.86. The van der Waals surface area contributed by atoms with Crippen molar-refractivity contribution in [2.75, 3.05) is 13.7 Å². The number of likely N-dealkylation sites (N-methyl/N-ethyl adjacent to an activating group) is 1. The van der Waals surface area contributed by atoms with Crippen LogP contribution in [0.1, 0.15) is 23.9 Å². The number of aromatic nitrogens is 2. The predicted molar refractivity (Wildman–Crippen MR) is 102 cm³/mol. The Hall–Kier alpha value is -3.15. The molecule has 0 fully saturated rings. The van der Waals surface area contributed by atoms with Crippen LogP contribution in [0.3, 0.4) is 0 Å². The van der Waals surface area contributed by atoms with Crippen LogP contribution in [-0.2, 0) is 17.8 Å². The minimum Gasteiger partial charge on any atom is -0.496 e. The van der Waals surface area contributed by atoms with Gasteiger partial charge in [0, 0.05) is 17.7 Å². The molecule has 27 heavy (non-hydrogen) atoms. The lowest BCUT2D eigenvalue weighted by Crippen LogP contribution is -2.31. The highest BCUT2D eigenvalue weighted by Crippen LogP contribution is 2.20. The number of benzene rings is 2. The van der Waals surface area contributed by atoms with E-state index < -0.39 is 0 Å². The van der Waals surface area contributed by atoms with Crippen molar-refractivity contribution in [3.63, 3.8) is 0 Å². The van der Waals surface area contributed by atoms with Crippen molar-refractivity contribution in [1.29, 1.82) is 0 Å². The van der Waals surface area contributed by atoms with E-state index in [1.54, 1.807) is 12.0 Å². The molecule has 1 aromatic heterocycles. The largest absolute Gasteiger partial charge is 0.496 e. The van der Waals surface area contributed by atoms with E-state index in [1.165, 1.54) is 5.56 Å². The number of carbonyl (C=O) groups excluding carboxylic acids is 1. The van der Waals surface area contributed by atoms with Gasteiger partial charge in [-0.3, -0.25) is 4.79 Å². The summed E-state index contributed by atoms with van der Waals surface area (Å²) < 4.78 is 10.7. The van der Waals surface area contributed by atoms with Crippen molar-refractivity contribution in [2.45, 2.75) is 26.8 Å². The maximum absolute atomic E-state index is 12.7. The van der Waals surface area contributed by atoms with E-state index in [0.717, 1.165) is 11.1 Å². The second-order valence-corrected chi connectivity index (χ2v) is 6.27. The molecule has 0 aliphatic rings. The van der Waals surface area contributed by atoms with Crippen LogP contribution in [0.15, 0.2) is 53.1 Å². The molecule has 3 aromatic rings. The number of amides is 1. The summed E-state index contributed by atoms with van der Waals surface area (Å²) in [6, 6.07) is 15.4. The zero-order valence-electron chi connectivity index (χ0n) is 15.8. The fraction of sp³-hybridized carbons (Fsp3) is 0.286. The normalized spacial score (nSPS) is 10.6. The SMILES string of the molecule is CCN(Cc1nc(-c2ccc(C)cc2)no1)C(=O)Cc1ccccc1OC. The van der Waals surface area contributed by atoms with Crippen LogP contribution in [0.25, 0.3) is 11.4 Å². The molecule has 0 saturated heterocycles. The molecule has 6 heteroatoms. The first kappa shape index (κ1) is 18.6. The number of aryl methyl sites for hydroxylation is 1. The fourth-order valence-corrected chi connectivity index (χ4v) is 2.80. The van der Waals surface area contributed by atoms with Gasteiger partial charge in [0.05, 0.1) is 20.1 Å². The zero-order valence-corrected chi connectivity index (χ0v) is 15.8. The first-order chi connectivity index (χ1) is 13.1. The van der Waals surface area contributed by atoms with Crippen LogP contribution in [0, 0.1) is 6.92 Å². The number of rotatable bonds is 7. The summed E-state index contributed by atoms with van der Waals surface area (Å²) >= 11 is 0. The van der Waals surface area contributed by atoms with Crippen LogP contribution in [0.4, 0.5) is 0 Å². The average Bonchev–Trinajstić information content (AvgIpc) is 3.15. The van der Waals surface area contributed by atoms with E-state index in [9.17, 15) is 4.79 Å². The molecule has 1 amide bonds. The third kappa shape index (κ3) is 4.53. The Morgan fingerprint density at radius 2 is 1.89 bits per heavy atom. The first-order valence-corrected chi connectivity index (χ1v) is 8.90. The smallest absolute Gasteiger partial charge is 0.246 e. The number of hydrogen-bond acceptors (Lipinski definition) is 5. The Labute approximate surface area is 158 Å². The van der Waals surface area contributed by atoms with Crippen LogP contribution >= 0.6 is 0 Å². The van der Waals surface area contributed by atoms with Gasteiger partial charge in [-0.1, -0.05) is 53.2 Å². The van der Waals surface area contributed by atoms with Crippen LogP contribution in [0.2, 0.25) is 0 Å². The quantitative estimate of drug-likeness (QED) is 0.639. The number of para-hydroxylation sites is 1. The standard InChI is InChI=1S/C21H23N3O3/c1-4-24(20(25)13-17-7-5-6-8-18(17)26-3)14-19-22-21(23-27-19)16-11-9-15(2)10-12-16/h5-12H,4,13-14H2,1-3H3. The van der Waals surface area contributed by atoms with E-state index in [2.05, 4.69) is 10.1 Å². The molecule has 2 aromatic carbocycles. The lowest BCUT2D eigenvalue weighted by molar-refractivity contribution is -0.131. The molecule has 6 nitrogen and oxygen atoms in total. The maximum Gasteiger partial charge on any atom is 0.246 e. The lowest BCUT2D eigenvalue weighted by Gasteiger charge is -2.19. The summed E-state index contributed by atoms with van der Waals surface area (Å²) in [5, 5.41) is 4.03. The number of carbonyl (C=O) groups is 1. The highest BCUT2D eigenvalue weighted by Gasteiger charge is 2.18. The van der Waals surface area contributed by atoms with Crippen molar-refractivity contribution in [3.8, 4) is 17.1 Å². The predicted octanol–water partition coefficient (Wildman–Crippen LogP) is 3.64. The second kappa shape index (κ2) is 8.49. The van der Waals surface area contributed by atoms with E-state index in [4.69, 9.17) is 9.26 Å². The Morgan fingerprint density at radius 3 is 2.59 bits per heavy atom. The highest BCUT2D eigenvalue weighted by molar-refractivity contribution is 5.79. The molecule has 0 N–H and O–H groups in total. The monoisotopic (exact) mass is 365 g/mol. The van der Waals surface area contributed by atoms with Gasteiger partial charge in [0.25, 0.3) is 0 Å². The lowest BCUT2D eigenvalue weighted by atomic mass is 10.1. The van der Waals surface area contributed by atoms with Crippen LogP contribution in [-0.4, -0.2) is 34.6 Å². The summed E-state index contributed by atoms with van der Waals surface area (Å²) in [5.41, 5.74) is 2.91. The number of ether oxygens (including phenoxy) is 1. The van der Waals surface area contributed by atoms with Gasteiger partial charge in [0.15, 0.2) is 0 Å². The van der Waals surface area contributed by atoms with Gasteiger partial charge in [0.2, 0.25) is 17.6 Å². The van der Waals surface area contributed by atoms with E-state index in [1.807, 2.05) is 62.4 Å². The molecule has 0 saturated carbocycles. The molecule has 0 atom stereocenters. The number of hydrogen-bond donors (Lipinski definition) is 0. The van der Waals surface area contributed by atoms with Gasteiger partial charge >= 0.3 is 0 Å². The molecule has 1 heterocycles. The van der Waals surface area contributed by atoms with Gasteiger partial charge in [-0.05, 0) is 19.9 Å². The molecule has 0 bridgehead atoms. The van der Waals surface area contributed by atoms with E-state index in [0.29, 0.717) is 24.0 Å². The Balaban J connectivity index is 1.69. The molecule has 0 aliphatic carbocycles. The van der Waals surface area contributed by atoms with Crippen molar-refractivity contribution in [2.24, 2.45) is 0 Å².